The first-order chi connectivity index (χ1) is 6.75. The van der Waals surface area contributed by atoms with Crippen LogP contribution in [0.5, 0.6) is 0 Å². The number of hydrazone groups is 1. The average Bonchev–Trinajstić information content (AvgIpc) is 2.47. The van der Waals surface area contributed by atoms with Gasteiger partial charge in [0.2, 0.25) is 6.21 Å². The average molecular weight is 189 g/mol. The number of carbonyl (C=O) groups is 1. The van der Waals surface area contributed by atoms with Gasteiger partial charge in [0.25, 0.3) is 5.91 Å². The van der Waals surface area contributed by atoms with Gasteiger partial charge in [-0.3, -0.25) is 4.79 Å². The SMILES string of the molecule is CC1C/[N+](=C/c2ccccc2)NC1=O. The Morgan fingerprint density at radius 3 is 2.71 bits per heavy atom. The van der Waals surface area contributed by atoms with E-state index in [0.717, 1.165) is 12.1 Å². The monoisotopic (exact) mass is 189 g/mol. The molecule has 1 fully saturated rings. The Hall–Kier alpha value is -1.64. The first-order valence-electron chi connectivity index (χ1n) is 4.73. The molecule has 1 heterocycles. The summed E-state index contributed by atoms with van der Waals surface area (Å²) in [5.74, 6) is 0.173. The van der Waals surface area contributed by atoms with Crippen LogP contribution in [-0.2, 0) is 4.79 Å². The molecule has 3 nitrogen and oxygen atoms in total. The van der Waals surface area contributed by atoms with E-state index in [4.69, 9.17) is 0 Å². The minimum atomic E-state index is 0.0787. The number of benzene rings is 1. The summed E-state index contributed by atoms with van der Waals surface area (Å²) in [7, 11) is 0. The van der Waals surface area contributed by atoms with Crippen molar-refractivity contribution in [3.8, 4) is 0 Å². The molecule has 0 aliphatic carbocycles. The zero-order valence-electron chi connectivity index (χ0n) is 8.10. The number of hydrogen-bond donors (Lipinski definition) is 1. The molecule has 0 spiro atoms. The van der Waals surface area contributed by atoms with E-state index in [1.165, 1.54) is 0 Å². The fourth-order valence-electron chi connectivity index (χ4n) is 1.48. The lowest BCUT2D eigenvalue weighted by molar-refractivity contribution is -0.556. The Morgan fingerprint density at radius 2 is 2.14 bits per heavy atom. The van der Waals surface area contributed by atoms with Gasteiger partial charge in [-0.05, 0) is 19.1 Å². The van der Waals surface area contributed by atoms with Crippen LogP contribution in [0.3, 0.4) is 0 Å². The molecule has 14 heavy (non-hydrogen) atoms. The fraction of sp³-hybridized carbons (Fsp3) is 0.273. The second-order valence-corrected chi connectivity index (χ2v) is 3.57. The van der Waals surface area contributed by atoms with Crippen LogP contribution in [0, 0.1) is 5.92 Å². The van der Waals surface area contributed by atoms with E-state index in [0.29, 0.717) is 0 Å². The summed E-state index contributed by atoms with van der Waals surface area (Å²) in [6.45, 7) is 2.67. The van der Waals surface area contributed by atoms with Gasteiger partial charge < -0.3 is 0 Å². The number of hydrogen-bond acceptors (Lipinski definition) is 1. The topological polar surface area (TPSA) is 32.1 Å². The molecule has 1 unspecified atom stereocenters. The summed E-state index contributed by atoms with van der Waals surface area (Å²) in [6, 6.07) is 9.95. The van der Waals surface area contributed by atoms with E-state index in [9.17, 15) is 4.79 Å². The van der Waals surface area contributed by atoms with Crippen molar-refractivity contribution in [2.24, 2.45) is 5.92 Å². The van der Waals surface area contributed by atoms with Crippen LogP contribution < -0.4 is 5.43 Å². The maximum Gasteiger partial charge on any atom is 0.283 e. The minimum absolute atomic E-state index is 0.0787. The van der Waals surface area contributed by atoms with Gasteiger partial charge in [0, 0.05) is 5.56 Å². The van der Waals surface area contributed by atoms with Crippen molar-refractivity contribution in [3.05, 3.63) is 35.9 Å². The highest BCUT2D eigenvalue weighted by molar-refractivity contribution is 5.81. The number of hydrazine groups is 1. The molecule has 0 saturated carbocycles. The highest BCUT2D eigenvalue weighted by atomic mass is 16.2. The second kappa shape index (κ2) is 3.62. The molecule has 1 atom stereocenters. The van der Waals surface area contributed by atoms with Gasteiger partial charge in [0.15, 0.2) is 6.54 Å². The second-order valence-electron chi connectivity index (χ2n) is 3.57. The van der Waals surface area contributed by atoms with E-state index < -0.39 is 0 Å². The van der Waals surface area contributed by atoms with E-state index >= 15 is 0 Å². The molecule has 1 saturated heterocycles. The largest absolute Gasteiger partial charge is 0.283 e. The van der Waals surface area contributed by atoms with Gasteiger partial charge in [-0.2, -0.15) is 0 Å². The van der Waals surface area contributed by atoms with Crippen LogP contribution in [0.2, 0.25) is 0 Å². The molecule has 1 aliphatic heterocycles. The lowest BCUT2D eigenvalue weighted by atomic mass is 10.2. The summed E-state index contributed by atoms with van der Waals surface area (Å²) in [5.41, 5.74) is 3.89. The minimum Gasteiger partial charge on any atom is -0.269 e. The molecule has 1 N–H and O–H groups in total. The van der Waals surface area contributed by atoms with Gasteiger partial charge in [-0.1, -0.05) is 18.2 Å². The Bertz CT molecular complexity index is 370. The molecule has 3 heteroatoms. The predicted molar refractivity (Wildman–Crippen MR) is 54.0 cm³/mol. The van der Waals surface area contributed by atoms with Gasteiger partial charge in [0.1, 0.15) is 5.92 Å². The summed E-state index contributed by atoms with van der Waals surface area (Å²) in [4.78, 5) is 11.2. The molecular formula is C11H13N2O+. The van der Waals surface area contributed by atoms with Crippen molar-refractivity contribution >= 4 is 12.1 Å². The first kappa shape index (κ1) is 8.94. The molecule has 1 aromatic carbocycles. The van der Waals surface area contributed by atoms with Crippen molar-refractivity contribution in [1.82, 2.24) is 5.43 Å². The van der Waals surface area contributed by atoms with Gasteiger partial charge in [-0.25, -0.2) is 0 Å². The van der Waals surface area contributed by atoms with Crippen LogP contribution in [0.15, 0.2) is 30.3 Å². The van der Waals surface area contributed by atoms with Crippen molar-refractivity contribution in [2.45, 2.75) is 6.92 Å². The van der Waals surface area contributed by atoms with E-state index in [1.807, 2.05) is 48.2 Å². The quantitative estimate of drug-likeness (QED) is 0.651. The Labute approximate surface area is 83.0 Å². The van der Waals surface area contributed by atoms with Gasteiger partial charge in [-0.15, -0.1) is 10.1 Å². The number of rotatable bonds is 1. The summed E-state index contributed by atoms with van der Waals surface area (Å²) in [5, 5.41) is 0. The summed E-state index contributed by atoms with van der Waals surface area (Å²) in [6.07, 6.45) is 1.95. The number of nitrogens with zero attached hydrogens (tertiary/aromatic N) is 1. The lowest BCUT2D eigenvalue weighted by Gasteiger charge is -1.91. The van der Waals surface area contributed by atoms with Crippen LogP contribution in [0.1, 0.15) is 12.5 Å². The zero-order valence-corrected chi connectivity index (χ0v) is 8.10. The van der Waals surface area contributed by atoms with E-state index in [1.54, 1.807) is 0 Å². The highest BCUT2D eigenvalue weighted by Crippen LogP contribution is 2.02. The standard InChI is InChI=1S/C11H12N2O/c1-9-7-13(12-11(9)14)8-10-5-3-2-4-6-10/h2-6,8-9H,7H2,1H3/p+1/b13-8-. The third-order valence-electron chi connectivity index (χ3n) is 2.28. The lowest BCUT2D eigenvalue weighted by Crippen LogP contribution is -2.25. The van der Waals surface area contributed by atoms with Crippen molar-refractivity contribution in [1.29, 1.82) is 0 Å². The highest BCUT2D eigenvalue weighted by Gasteiger charge is 2.29. The maximum atomic E-state index is 11.2. The fourth-order valence-corrected chi connectivity index (χ4v) is 1.48. The summed E-state index contributed by atoms with van der Waals surface area (Å²) >= 11 is 0. The van der Waals surface area contributed by atoms with Gasteiger partial charge >= 0.3 is 0 Å². The van der Waals surface area contributed by atoms with Crippen LogP contribution >= 0.6 is 0 Å². The summed E-state index contributed by atoms with van der Waals surface area (Å²) < 4.78 is 1.84. The van der Waals surface area contributed by atoms with Crippen molar-refractivity contribution in [3.63, 3.8) is 0 Å². The molecule has 0 radical (unpaired) electrons. The normalized spacial score (nSPS) is 23.9. The third-order valence-corrected chi connectivity index (χ3v) is 2.28. The molecule has 1 aromatic rings. The maximum absolute atomic E-state index is 11.2. The van der Waals surface area contributed by atoms with Crippen molar-refractivity contribution < 1.29 is 9.48 Å². The number of amides is 1. The molecule has 72 valence electrons. The van der Waals surface area contributed by atoms with E-state index in [2.05, 4.69) is 5.43 Å². The molecule has 1 amide bonds. The smallest absolute Gasteiger partial charge is 0.269 e. The molecule has 0 bridgehead atoms. The Morgan fingerprint density at radius 1 is 1.43 bits per heavy atom. The van der Waals surface area contributed by atoms with Crippen LogP contribution in [0.25, 0.3) is 0 Å². The Balaban J connectivity index is 2.17. The first-order valence-corrected chi connectivity index (χ1v) is 4.73. The number of nitrogens with one attached hydrogen (secondary N) is 1. The molecule has 2 rings (SSSR count). The third kappa shape index (κ3) is 1.82. The van der Waals surface area contributed by atoms with Gasteiger partial charge in [0.05, 0.1) is 0 Å². The predicted octanol–water partition coefficient (Wildman–Crippen LogP) is 0.799. The van der Waals surface area contributed by atoms with Crippen LogP contribution in [-0.4, -0.2) is 23.4 Å². The zero-order chi connectivity index (χ0) is 9.97. The Kier molecular flexibility index (Phi) is 2.31. The molecular weight excluding hydrogens is 176 g/mol. The van der Waals surface area contributed by atoms with Crippen LogP contribution in [0.4, 0.5) is 0 Å². The van der Waals surface area contributed by atoms with Crippen molar-refractivity contribution in [2.75, 3.05) is 6.54 Å². The molecule has 0 aromatic heterocycles. The number of carbonyl (C=O) groups excluding carboxylic acids is 1. The molecule has 1 aliphatic rings. The van der Waals surface area contributed by atoms with E-state index in [-0.39, 0.29) is 11.8 Å².